The molecule has 0 unspecified atom stereocenters. The molecule has 2 fully saturated rings. The number of nitrogens with zero attached hydrogens (tertiary/aromatic N) is 1. The van der Waals surface area contributed by atoms with Crippen molar-refractivity contribution in [2.24, 2.45) is 11.3 Å². The van der Waals surface area contributed by atoms with Gasteiger partial charge < -0.3 is 15.0 Å². The van der Waals surface area contributed by atoms with Crippen molar-refractivity contribution in [1.29, 1.82) is 0 Å². The average molecular weight is 278 g/mol. The van der Waals surface area contributed by atoms with Gasteiger partial charge in [-0.25, -0.2) is 4.39 Å². The summed E-state index contributed by atoms with van der Waals surface area (Å²) in [5.74, 6) is 0.150. The number of benzene rings is 1. The Balaban J connectivity index is 1.80. The summed E-state index contributed by atoms with van der Waals surface area (Å²) in [6.45, 7) is 5.44. The SMILES string of the molecule is COc1ccc(C(=O)N2C[C@H]3CNC[C@@]3(C)C2)c(F)c1. The smallest absolute Gasteiger partial charge is 0.256 e. The van der Waals surface area contributed by atoms with Gasteiger partial charge in [-0.2, -0.15) is 0 Å². The summed E-state index contributed by atoms with van der Waals surface area (Å²) in [5.41, 5.74) is 0.251. The molecule has 2 atom stereocenters. The molecule has 0 bridgehead atoms. The Kier molecular flexibility index (Phi) is 3.17. The molecule has 3 rings (SSSR count). The van der Waals surface area contributed by atoms with Crippen LogP contribution in [-0.2, 0) is 0 Å². The van der Waals surface area contributed by atoms with Crippen LogP contribution in [0, 0.1) is 17.2 Å². The molecule has 0 aliphatic carbocycles. The predicted octanol–water partition coefficient (Wildman–Crippen LogP) is 1.52. The molecule has 20 heavy (non-hydrogen) atoms. The van der Waals surface area contributed by atoms with Crippen LogP contribution in [0.5, 0.6) is 5.75 Å². The van der Waals surface area contributed by atoms with E-state index >= 15 is 0 Å². The van der Waals surface area contributed by atoms with Crippen LogP contribution in [0.25, 0.3) is 0 Å². The number of halogens is 1. The summed E-state index contributed by atoms with van der Waals surface area (Å²) in [7, 11) is 1.48. The van der Waals surface area contributed by atoms with Crippen LogP contribution in [0.1, 0.15) is 17.3 Å². The maximum absolute atomic E-state index is 14.0. The molecule has 0 spiro atoms. The fourth-order valence-electron chi connectivity index (χ4n) is 3.28. The lowest BCUT2D eigenvalue weighted by atomic mass is 9.83. The number of hydrogen-bond donors (Lipinski definition) is 1. The third kappa shape index (κ3) is 2.06. The maximum Gasteiger partial charge on any atom is 0.256 e. The second-order valence-electron chi connectivity index (χ2n) is 6.01. The number of nitrogens with one attached hydrogen (secondary N) is 1. The lowest BCUT2D eigenvalue weighted by Crippen LogP contribution is -2.34. The van der Waals surface area contributed by atoms with Crippen LogP contribution >= 0.6 is 0 Å². The number of ether oxygens (including phenoxy) is 1. The van der Waals surface area contributed by atoms with Gasteiger partial charge >= 0.3 is 0 Å². The van der Waals surface area contributed by atoms with Crippen molar-refractivity contribution in [1.82, 2.24) is 10.2 Å². The van der Waals surface area contributed by atoms with E-state index in [0.717, 1.165) is 13.1 Å². The molecule has 5 heteroatoms. The first-order valence-electron chi connectivity index (χ1n) is 6.87. The first kappa shape index (κ1) is 13.4. The van der Waals surface area contributed by atoms with E-state index in [9.17, 15) is 9.18 Å². The van der Waals surface area contributed by atoms with Crippen molar-refractivity contribution in [3.8, 4) is 5.75 Å². The largest absolute Gasteiger partial charge is 0.497 e. The molecule has 0 saturated carbocycles. The molecule has 108 valence electrons. The zero-order valence-corrected chi connectivity index (χ0v) is 11.8. The van der Waals surface area contributed by atoms with Crippen LogP contribution < -0.4 is 10.1 Å². The minimum atomic E-state index is -0.519. The maximum atomic E-state index is 14.0. The Bertz CT molecular complexity index is 549. The van der Waals surface area contributed by atoms with Crippen molar-refractivity contribution >= 4 is 5.91 Å². The van der Waals surface area contributed by atoms with Gasteiger partial charge in [0.1, 0.15) is 11.6 Å². The molecule has 1 amide bonds. The minimum Gasteiger partial charge on any atom is -0.497 e. The Morgan fingerprint density at radius 1 is 1.55 bits per heavy atom. The molecular weight excluding hydrogens is 259 g/mol. The van der Waals surface area contributed by atoms with E-state index in [1.165, 1.54) is 19.2 Å². The van der Waals surface area contributed by atoms with Crippen molar-refractivity contribution in [3.05, 3.63) is 29.6 Å². The second-order valence-corrected chi connectivity index (χ2v) is 6.01. The van der Waals surface area contributed by atoms with Gasteiger partial charge in [-0.1, -0.05) is 6.92 Å². The fourth-order valence-corrected chi connectivity index (χ4v) is 3.28. The Morgan fingerprint density at radius 2 is 2.35 bits per heavy atom. The Labute approximate surface area is 117 Å². The van der Waals surface area contributed by atoms with Gasteiger partial charge in [-0.15, -0.1) is 0 Å². The number of rotatable bonds is 2. The second kappa shape index (κ2) is 4.74. The highest BCUT2D eigenvalue weighted by molar-refractivity contribution is 5.95. The number of fused-ring (bicyclic) bond motifs is 1. The van der Waals surface area contributed by atoms with E-state index in [1.54, 1.807) is 11.0 Å². The first-order valence-corrected chi connectivity index (χ1v) is 6.87. The number of carbonyl (C=O) groups is 1. The van der Waals surface area contributed by atoms with Gasteiger partial charge in [-0.3, -0.25) is 4.79 Å². The lowest BCUT2D eigenvalue weighted by Gasteiger charge is -2.22. The van der Waals surface area contributed by atoms with Crippen LogP contribution in [0.4, 0.5) is 4.39 Å². The molecule has 1 aromatic carbocycles. The predicted molar refractivity (Wildman–Crippen MR) is 73.3 cm³/mol. The quantitative estimate of drug-likeness (QED) is 0.891. The highest BCUT2D eigenvalue weighted by Crippen LogP contribution is 2.38. The topological polar surface area (TPSA) is 41.6 Å². The normalized spacial score (nSPS) is 28.6. The monoisotopic (exact) mass is 278 g/mol. The molecule has 4 nitrogen and oxygen atoms in total. The summed E-state index contributed by atoms with van der Waals surface area (Å²) < 4.78 is 18.9. The molecule has 0 radical (unpaired) electrons. The molecule has 0 aromatic heterocycles. The highest BCUT2D eigenvalue weighted by Gasteiger charge is 2.47. The summed E-state index contributed by atoms with van der Waals surface area (Å²) in [6.07, 6.45) is 0. The van der Waals surface area contributed by atoms with Crippen LogP contribution in [0.3, 0.4) is 0 Å². The van der Waals surface area contributed by atoms with Gasteiger partial charge in [-0.05, 0) is 18.1 Å². The Hall–Kier alpha value is -1.62. The van der Waals surface area contributed by atoms with E-state index in [1.807, 2.05) is 0 Å². The highest BCUT2D eigenvalue weighted by atomic mass is 19.1. The summed E-state index contributed by atoms with van der Waals surface area (Å²) in [5, 5.41) is 3.36. The van der Waals surface area contributed by atoms with Crippen LogP contribution in [0.2, 0.25) is 0 Å². The van der Waals surface area contributed by atoms with E-state index in [4.69, 9.17) is 4.74 Å². The molecule has 2 aliphatic heterocycles. The lowest BCUT2D eigenvalue weighted by molar-refractivity contribution is 0.0768. The zero-order valence-electron chi connectivity index (χ0n) is 11.8. The molecule has 1 N–H and O–H groups in total. The third-order valence-corrected chi connectivity index (χ3v) is 4.59. The minimum absolute atomic E-state index is 0.124. The summed E-state index contributed by atoms with van der Waals surface area (Å²) in [4.78, 5) is 14.2. The summed E-state index contributed by atoms with van der Waals surface area (Å²) in [6, 6.07) is 4.38. The van der Waals surface area contributed by atoms with E-state index in [0.29, 0.717) is 24.8 Å². The van der Waals surface area contributed by atoms with Crippen molar-refractivity contribution in [3.63, 3.8) is 0 Å². The third-order valence-electron chi connectivity index (χ3n) is 4.59. The first-order chi connectivity index (χ1) is 9.53. The van der Waals surface area contributed by atoms with Crippen molar-refractivity contribution in [2.45, 2.75) is 6.92 Å². The molecule has 2 heterocycles. The van der Waals surface area contributed by atoms with Crippen LogP contribution in [-0.4, -0.2) is 44.1 Å². The molecule has 1 aromatic rings. The van der Waals surface area contributed by atoms with Crippen molar-refractivity contribution in [2.75, 3.05) is 33.3 Å². The van der Waals surface area contributed by atoms with Gasteiger partial charge in [0.05, 0.1) is 12.7 Å². The van der Waals surface area contributed by atoms with E-state index in [2.05, 4.69) is 12.2 Å². The average Bonchev–Trinajstić information content (AvgIpc) is 2.92. The number of likely N-dealkylation sites (tertiary alicyclic amines) is 1. The standard InChI is InChI=1S/C15H19FN2O2/c1-15-8-17-6-10(15)7-18(9-15)14(19)12-4-3-11(20-2)5-13(12)16/h3-5,10,17H,6-9H2,1-2H3/t10-,15+/m1/s1. The number of hydrogen-bond acceptors (Lipinski definition) is 3. The zero-order chi connectivity index (χ0) is 14.3. The van der Waals surface area contributed by atoms with E-state index < -0.39 is 5.82 Å². The molecule has 2 aliphatic rings. The van der Waals surface area contributed by atoms with Gasteiger partial charge in [0.25, 0.3) is 5.91 Å². The van der Waals surface area contributed by atoms with E-state index in [-0.39, 0.29) is 16.9 Å². The number of methoxy groups -OCH3 is 1. The molecule has 2 saturated heterocycles. The van der Waals surface area contributed by atoms with Gasteiger partial charge in [0, 0.05) is 37.7 Å². The summed E-state index contributed by atoms with van der Waals surface area (Å²) >= 11 is 0. The number of amides is 1. The Morgan fingerprint density at radius 3 is 3.00 bits per heavy atom. The van der Waals surface area contributed by atoms with Gasteiger partial charge in [0.15, 0.2) is 0 Å². The number of carbonyl (C=O) groups excluding carboxylic acids is 1. The molecular formula is C15H19FN2O2. The van der Waals surface area contributed by atoms with Crippen LogP contribution in [0.15, 0.2) is 18.2 Å². The fraction of sp³-hybridized carbons (Fsp3) is 0.533. The van der Waals surface area contributed by atoms with Crippen molar-refractivity contribution < 1.29 is 13.9 Å². The van der Waals surface area contributed by atoms with Gasteiger partial charge in [0.2, 0.25) is 0 Å².